The quantitative estimate of drug-likeness (QED) is 0.581. The van der Waals surface area contributed by atoms with Gasteiger partial charge in [0, 0.05) is 0 Å². The largest absolute Gasteiger partial charge is 0.298 e. The second-order valence-electron chi connectivity index (χ2n) is 2.46. The first-order valence-electron chi connectivity index (χ1n) is 3.49. The van der Waals surface area contributed by atoms with Crippen molar-refractivity contribution in [3.8, 4) is 0 Å². The highest BCUT2D eigenvalue weighted by molar-refractivity contribution is 7.71. The maximum atomic E-state index is 12.9. The van der Waals surface area contributed by atoms with Crippen molar-refractivity contribution in [2.45, 2.75) is 5.75 Å². The van der Waals surface area contributed by atoms with Crippen molar-refractivity contribution in [1.29, 1.82) is 0 Å². The van der Waals surface area contributed by atoms with Gasteiger partial charge in [-0.3, -0.25) is 4.79 Å². The molecule has 0 spiro atoms. The van der Waals surface area contributed by atoms with Gasteiger partial charge in [0.05, 0.1) is 11.3 Å². The Labute approximate surface area is 76.1 Å². The predicted octanol–water partition coefficient (Wildman–Crippen LogP) is 0.750. The lowest BCUT2D eigenvalue weighted by Gasteiger charge is -1.97. The minimum atomic E-state index is -2.56. The molecular weight excluding hydrogens is 195 g/mol. The molecule has 0 amide bonds. The Morgan fingerprint density at radius 1 is 1.38 bits per heavy atom. The lowest BCUT2D eigenvalue weighted by Crippen LogP contribution is -1.92. The third kappa shape index (κ3) is 2.62. The second-order valence-corrected chi connectivity index (χ2v) is 3.45. The minimum absolute atomic E-state index is 0.0649. The SMILES string of the molecule is O=Cc1ccc(C[SH](=O)=O)cc1F. The van der Waals surface area contributed by atoms with E-state index in [1.807, 2.05) is 0 Å². The molecule has 0 atom stereocenters. The number of carbonyl (C=O) groups is 1. The molecule has 0 aliphatic carbocycles. The Bertz CT molecular complexity index is 390. The summed E-state index contributed by atoms with van der Waals surface area (Å²) in [5, 5.41) is 0. The molecule has 5 heteroatoms. The third-order valence-corrected chi connectivity index (χ3v) is 2.13. The highest BCUT2D eigenvalue weighted by atomic mass is 32.2. The molecule has 0 bridgehead atoms. The van der Waals surface area contributed by atoms with Crippen molar-refractivity contribution in [2.75, 3.05) is 0 Å². The van der Waals surface area contributed by atoms with Crippen LogP contribution in [0.5, 0.6) is 0 Å². The normalized spacial score (nSPS) is 10.3. The number of aldehydes is 1. The fraction of sp³-hybridized carbons (Fsp3) is 0.125. The molecular formula is C8H7FO3S. The maximum absolute atomic E-state index is 12.9. The first-order valence-corrected chi connectivity index (χ1v) is 4.85. The molecule has 0 radical (unpaired) electrons. The Hall–Kier alpha value is -1.23. The van der Waals surface area contributed by atoms with E-state index in [0.717, 1.165) is 6.07 Å². The molecule has 0 saturated heterocycles. The van der Waals surface area contributed by atoms with Gasteiger partial charge in [0.25, 0.3) is 0 Å². The minimum Gasteiger partial charge on any atom is -0.298 e. The molecule has 0 aliphatic rings. The molecule has 70 valence electrons. The Morgan fingerprint density at radius 3 is 2.54 bits per heavy atom. The zero-order valence-corrected chi connectivity index (χ0v) is 7.46. The summed E-state index contributed by atoms with van der Waals surface area (Å²) in [6, 6.07) is 3.73. The van der Waals surface area contributed by atoms with E-state index < -0.39 is 16.5 Å². The maximum Gasteiger partial charge on any atom is 0.152 e. The van der Waals surface area contributed by atoms with Gasteiger partial charge in [0.15, 0.2) is 6.29 Å². The van der Waals surface area contributed by atoms with Crippen LogP contribution < -0.4 is 0 Å². The highest BCUT2D eigenvalue weighted by Crippen LogP contribution is 2.09. The first kappa shape index (κ1) is 9.85. The zero-order valence-electron chi connectivity index (χ0n) is 6.57. The summed E-state index contributed by atoms with van der Waals surface area (Å²) in [5.41, 5.74) is 0.282. The number of hydrogen-bond acceptors (Lipinski definition) is 3. The molecule has 0 N–H and O–H groups in total. The molecule has 13 heavy (non-hydrogen) atoms. The van der Waals surface area contributed by atoms with Crippen molar-refractivity contribution in [2.24, 2.45) is 0 Å². The van der Waals surface area contributed by atoms with Crippen LogP contribution in [0.4, 0.5) is 4.39 Å². The second kappa shape index (κ2) is 4.13. The molecule has 0 fully saturated rings. The third-order valence-electron chi connectivity index (χ3n) is 1.50. The van der Waals surface area contributed by atoms with Crippen LogP contribution in [0, 0.1) is 5.82 Å². The van der Waals surface area contributed by atoms with E-state index in [4.69, 9.17) is 0 Å². The number of halogens is 1. The van der Waals surface area contributed by atoms with Crippen molar-refractivity contribution < 1.29 is 17.6 Å². The van der Waals surface area contributed by atoms with Gasteiger partial charge in [-0.05, 0) is 17.7 Å². The molecule has 1 rings (SSSR count). The van der Waals surface area contributed by atoms with E-state index in [1.54, 1.807) is 0 Å². The van der Waals surface area contributed by atoms with Crippen LogP contribution >= 0.6 is 0 Å². The van der Waals surface area contributed by atoms with Crippen molar-refractivity contribution in [3.63, 3.8) is 0 Å². The molecule has 0 unspecified atom stereocenters. The summed E-state index contributed by atoms with van der Waals surface area (Å²) >= 11 is 0. The molecule has 0 aromatic heterocycles. The van der Waals surface area contributed by atoms with Gasteiger partial charge < -0.3 is 0 Å². The fourth-order valence-corrected chi connectivity index (χ4v) is 1.41. The molecule has 0 aliphatic heterocycles. The van der Waals surface area contributed by atoms with Crippen molar-refractivity contribution in [3.05, 3.63) is 35.1 Å². The van der Waals surface area contributed by atoms with E-state index in [1.165, 1.54) is 12.1 Å². The summed E-state index contributed by atoms with van der Waals surface area (Å²) in [5.74, 6) is -0.893. The number of carbonyl (C=O) groups excluding carboxylic acids is 1. The van der Waals surface area contributed by atoms with Crippen LogP contribution in [0.3, 0.4) is 0 Å². The van der Waals surface area contributed by atoms with Gasteiger partial charge in [-0.25, -0.2) is 12.8 Å². The van der Waals surface area contributed by atoms with Gasteiger partial charge >= 0.3 is 0 Å². The number of benzene rings is 1. The van der Waals surface area contributed by atoms with Gasteiger partial charge in [0.2, 0.25) is 0 Å². The summed E-state index contributed by atoms with van der Waals surface area (Å²) < 4.78 is 33.4. The molecule has 0 saturated carbocycles. The first-order chi connectivity index (χ1) is 6.13. The van der Waals surface area contributed by atoms with E-state index in [-0.39, 0.29) is 11.3 Å². The molecule has 0 heterocycles. The smallest absolute Gasteiger partial charge is 0.152 e. The molecule has 3 nitrogen and oxygen atoms in total. The van der Waals surface area contributed by atoms with Crippen LogP contribution in [0.15, 0.2) is 18.2 Å². The predicted molar refractivity (Wildman–Crippen MR) is 45.8 cm³/mol. The average molecular weight is 202 g/mol. The number of thiol groups is 1. The lowest BCUT2D eigenvalue weighted by molar-refractivity contribution is 0.112. The van der Waals surface area contributed by atoms with E-state index in [2.05, 4.69) is 0 Å². The number of hydrogen-bond donors (Lipinski definition) is 1. The molecule has 1 aromatic carbocycles. The fourth-order valence-electron chi connectivity index (χ4n) is 0.914. The Kier molecular flexibility index (Phi) is 3.13. The van der Waals surface area contributed by atoms with Crippen LogP contribution in [0.1, 0.15) is 15.9 Å². The Balaban J connectivity index is 3.02. The summed E-state index contributed by atoms with van der Waals surface area (Å²) in [6.07, 6.45) is 0.385. The average Bonchev–Trinajstić information content (AvgIpc) is 2.03. The van der Waals surface area contributed by atoms with E-state index >= 15 is 0 Å². The summed E-state index contributed by atoms with van der Waals surface area (Å²) in [6.45, 7) is 0. The van der Waals surface area contributed by atoms with Gasteiger partial charge in [-0.1, -0.05) is 6.07 Å². The van der Waals surface area contributed by atoms with Gasteiger partial charge in [-0.15, -0.1) is 0 Å². The molecule has 1 aromatic rings. The van der Waals surface area contributed by atoms with Crippen molar-refractivity contribution in [1.82, 2.24) is 0 Å². The topological polar surface area (TPSA) is 51.2 Å². The summed E-state index contributed by atoms with van der Waals surface area (Å²) in [4.78, 5) is 10.2. The van der Waals surface area contributed by atoms with Crippen LogP contribution in [-0.2, 0) is 16.5 Å². The van der Waals surface area contributed by atoms with Gasteiger partial charge in [0.1, 0.15) is 16.5 Å². The monoisotopic (exact) mass is 202 g/mol. The summed E-state index contributed by atoms with van der Waals surface area (Å²) in [7, 11) is -2.56. The standard InChI is InChI=1S/C8H7FO3S/c9-8-3-6(5-13(11)12)1-2-7(8)4-10/h1-4,13H,5H2. The zero-order chi connectivity index (χ0) is 9.84. The van der Waals surface area contributed by atoms with Crippen LogP contribution in [0.25, 0.3) is 0 Å². The lowest BCUT2D eigenvalue weighted by atomic mass is 10.1. The van der Waals surface area contributed by atoms with Crippen LogP contribution in [0.2, 0.25) is 0 Å². The number of rotatable bonds is 3. The van der Waals surface area contributed by atoms with Gasteiger partial charge in [-0.2, -0.15) is 0 Å². The van der Waals surface area contributed by atoms with E-state index in [9.17, 15) is 17.6 Å². The van der Waals surface area contributed by atoms with Crippen molar-refractivity contribution >= 4 is 17.0 Å². The van der Waals surface area contributed by atoms with E-state index in [0.29, 0.717) is 11.8 Å². The Morgan fingerprint density at radius 2 is 2.08 bits per heavy atom. The highest BCUT2D eigenvalue weighted by Gasteiger charge is 2.02. The van der Waals surface area contributed by atoms with Crippen LogP contribution in [-0.4, -0.2) is 14.7 Å².